The van der Waals surface area contributed by atoms with Crippen molar-refractivity contribution in [2.75, 3.05) is 0 Å². The van der Waals surface area contributed by atoms with Crippen LogP contribution in [0.5, 0.6) is 11.5 Å². The molecule has 2 amide bonds. The number of nitrogens with zero attached hydrogens (tertiary/aromatic N) is 1. The molecule has 0 saturated heterocycles. The highest BCUT2D eigenvalue weighted by Crippen LogP contribution is 2.43. The van der Waals surface area contributed by atoms with E-state index in [9.17, 15) is 23.2 Å². The number of carbonyl (C=O) groups is 3. The molecule has 0 bridgehead atoms. The fourth-order valence-electron chi connectivity index (χ4n) is 2.51. The van der Waals surface area contributed by atoms with E-state index in [4.69, 9.17) is 4.84 Å². The molecule has 9 heteroatoms. The zero-order valence-corrected chi connectivity index (χ0v) is 12.2. The molecule has 0 N–H and O–H groups in total. The number of para-hydroxylation sites is 1. The number of ether oxygens (including phenoxy) is 2. The van der Waals surface area contributed by atoms with E-state index in [1.165, 1.54) is 24.3 Å². The van der Waals surface area contributed by atoms with Crippen molar-refractivity contribution in [1.82, 2.24) is 5.06 Å². The Kier molecular flexibility index (Phi) is 3.01. The molecule has 0 aromatic heterocycles. The topological polar surface area (TPSA) is 82.1 Å². The fraction of sp³-hybridized carbons (Fsp3) is 0.0625. The molecule has 0 atom stereocenters. The molecule has 0 fully saturated rings. The highest BCUT2D eigenvalue weighted by molar-refractivity contribution is 6.21. The number of rotatable bonds is 2. The Labute approximate surface area is 138 Å². The maximum absolute atomic E-state index is 13.2. The van der Waals surface area contributed by atoms with Crippen LogP contribution >= 0.6 is 0 Å². The second-order valence-electron chi connectivity index (χ2n) is 5.13. The first-order valence-corrected chi connectivity index (χ1v) is 6.96. The SMILES string of the molecule is O=C(ON1C(=O)c2ccccc2C1=O)c1cccc2c1OC(F)(F)O2. The number of hydrogen-bond donors (Lipinski definition) is 0. The molecule has 7 nitrogen and oxygen atoms in total. The lowest BCUT2D eigenvalue weighted by Gasteiger charge is -2.13. The molecular formula is C16H7F2NO6. The maximum atomic E-state index is 13.2. The van der Waals surface area contributed by atoms with Crippen molar-refractivity contribution in [2.45, 2.75) is 6.29 Å². The Balaban J connectivity index is 1.62. The van der Waals surface area contributed by atoms with Gasteiger partial charge in [-0.1, -0.05) is 23.3 Å². The number of halogens is 2. The summed E-state index contributed by atoms with van der Waals surface area (Å²) in [5, 5.41) is 0.278. The molecule has 0 saturated carbocycles. The predicted molar refractivity (Wildman–Crippen MR) is 75.0 cm³/mol. The minimum atomic E-state index is -3.92. The van der Waals surface area contributed by atoms with Gasteiger partial charge in [-0.3, -0.25) is 9.59 Å². The molecule has 0 spiro atoms. The number of benzene rings is 2. The average molecular weight is 347 g/mol. The van der Waals surface area contributed by atoms with Gasteiger partial charge >= 0.3 is 12.3 Å². The Hall–Kier alpha value is -3.49. The van der Waals surface area contributed by atoms with Crippen molar-refractivity contribution >= 4 is 17.8 Å². The lowest BCUT2D eigenvalue weighted by molar-refractivity contribution is -0.286. The molecule has 0 unspecified atom stereocenters. The van der Waals surface area contributed by atoms with Gasteiger partial charge in [0.1, 0.15) is 5.56 Å². The summed E-state index contributed by atoms with van der Waals surface area (Å²) in [6.45, 7) is 0. The highest BCUT2D eigenvalue weighted by Gasteiger charge is 2.46. The Morgan fingerprint density at radius 1 is 0.960 bits per heavy atom. The van der Waals surface area contributed by atoms with Crippen LogP contribution < -0.4 is 9.47 Å². The van der Waals surface area contributed by atoms with E-state index in [2.05, 4.69) is 9.47 Å². The van der Waals surface area contributed by atoms with Crippen LogP contribution in [0, 0.1) is 0 Å². The lowest BCUT2D eigenvalue weighted by Crippen LogP contribution is -2.33. The number of alkyl halides is 2. The zero-order chi connectivity index (χ0) is 17.8. The zero-order valence-electron chi connectivity index (χ0n) is 12.2. The Morgan fingerprint density at radius 2 is 1.60 bits per heavy atom. The summed E-state index contributed by atoms with van der Waals surface area (Å²) in [5.41, 5.74) is -0.263. The van der Waals surface area contributed by atoms with Crippen molar-refractivity contribution in [3.05, 3.63) is 59.2 Å². The third-order valence-electron chi connectivity index (χ3n) is 3.58. The van der Waals surface area contributed by atoms with Gasteiger partial charge in [-0.05, 0) is 24.3 Å². The normalized spacial score (nSPS) is 16.8. The van der Waals surface area contributed by atoms with E-state index >= 15 is 0 Å². The Bertz CT molecular complexity index is 907. The standard InChI is InChI=1S/C16H7F2NO6/c17-16(18)23-11-7-3-6-10(12(11)24-16)15(22)25-19-13(20)8-4-1-2-5-9(8)14(19)21/h1-7H. The van der Waals surface area contributed by atoms with E-state index < -0.39 is 35.4 Å². The van der Waals surface area contributed by atoms with Gasteiger partial charge in [-0.2, -0.15) is 0 Å². The molecule has 2 aromatic carbocycles. The lowest BCUT2D eigenvalue weighted by atomic mass is 10.1. The quantitative estimate of drug-likeness (QED) is 0.776. The molecule has 0 radical (unpaired) electrons. The minimum absolute atomic E-state index is 0.0738. The van der Waals surface area contributed by atoms with Crippen LogP contribution in [-0.2, 0) is 4.84 Å². The van der Waals surface area contributed by atoms with Crippen LogP contribution in [0.2, 0.25) is 0 Å². The number of carbonyl (C=O) groups excluding carboxylic acids is 3. The molecule has 25 heavy (non-hydrogen) atoms. The van der Waals surface area contributed by atoms with Crippen molar-refractivity contribution in [3.8, 4) is 11.5 Å². The van der Waals surface area contributed by atoms with Crippen LogP contribution in [-0.4, -0.2) is 29.1 Å². The van der Waals surface area contributed by atoms with Crippen molar-refractivity contribution < 1.29 is 37.5 Å². The van der Waals surface area contributed by atoms with Crippen LogP contribution in [0.15, 0.2) is 42.5 Å². The van der Waals surface area contributed by atoms with Crippen molar-refractivity contribution in [2.24, 2.45) is 0 Å². The van der Waals surface area contributed by atoms with Gasteiger partial charge in [-0.15, -0.1) is 8.78 Å². The molecular weight excluding hydrogens is 340 g/mol. The van der Waals surface area contributed by atoms with Gasteiger partial charge < -0.3 is 14.3 Å². The van der Waals surface area contributed by atoms with Crippen LogP contribution in [0.3, 0.4) is 0 Å². The summed E-state index contributed by atoms with van der Waals surface area (Å²) in [5.74, 6) is -3.77. The number of amides is 2. The first-order valence-electron chi connectivity index (χ1n) is 6.96. The van der Waals surface area contributed by atoms with Gasteiger partial charge in [0.05, 0.1) is 11.1 Å². The van der Waals surface area contributed by atoms with E-state index in [-0.39, 0.29) is 21.9 Å². The third kappa shape index (κ3) is 2.28. The van der Waals surface area contributed by atoms with Crippen LogP contribution in [0.1, 0.15) is 31.1 Å². The molecule has 2 aromatic rings. The van der Waals surface area contributed by atoms with Crippen molar-refractivity contribution in [1.29, 1.82) is 0 Å². The molecule has 126 valence electrons. The summed E-state index contributed by atoms with van der Waals surface area (Å²) >= 11 is 0. The second kappa shape index (κ2) is 5.00. The molecule has 2 heterocycles. The first-order chi connectivity index (χ1) is 11.9. The highest BCUT2D eigenvalue weighted by atomic mass is 19.3. The van der Waals surface area contributed by atoms with Crippen LogP contribution in [0.4, 0.5) is 8.78 Å². The minimum Gasteiger partial charge on any atom is -0.395 e. The molecule has 4 rings (SSSR count). The van der Waals surface area contributed by atoms with E-state index in [1.54, 1.807) is 12.1 Å². The summed E-state index contributed by atoms with van der Waals surface area (Å²) in [4.78, 5) is 41.4. The molecule has 2 aliphatic rings. The van der Waals surface area contributed by atoms with Gasteiger partial charge in [0.25, 0.3) is 11.8 Å². The smallest absolute Gasteiger partial charge is 0.395 e. The average Bonchev–Trinajstić information content (AvgIpc) is 3.02. The fourth-order valence-corrected chi connectivity index (χ4v) is 2.51. The predicted octanol–water partition coefficient (Wildman–Crippen LogP) is 2.38. The van der Waals surface area contributed by atoms with E-state index in [0.717, 1.165) is 6.07 Å². The number of imide groups is 1. The monoisotopic (exact) mass is 347 g/mol. The van der Waals surface area contributed by atoms with Crippen molar-refractivity contribution in [3.63, 3.8) is 0 Å². The summed E-state index contributed by atoms with van der Waals surface area (Å²) in [6.07, 6.45) is -3.92. The number of hydroxylamine groups is 2. The summed E-state index contributed by atoms with van der Waals surface area (Å²) in [7, 11) is 0. The molecule has 0 aliphatic carbocycles. The molecule has 2 aliphatic heterocycles. The van der Waals surface area contributed by atoms with Gasteiger partial charge in [0, 0.05) is 0 Å². The van der Waals surface area contributed by atoms with Gasteiger partial charge in [0.15, 0.2) is 11.5 Å². The van der Waals surface area contributed by atoms with Crippen LogP contribution in [0.25, 0.3) is 0 Å². The van der Waals surface area contributed by atoms with Gasteiger partial charge in [0.2, 0.25) is 0 Å². The third-order valence-corrected chi connectivity index (χ3v) is 3.58. The number of fused-ring (bicyclic) bond motifs is 2. The summed E-state index contributed by atoms with van der Waals surface area (Å²) < 4.78 is 34.9. The largest absolute Gasteiger partial charge is 0.586 e. The first kappa shape index (κ1) is 15.1. The Morgan fingerprint density at radius 3 is 2.24 bits per heavy atom. The second-order valence-corrected chi connectivity index (χ2v) is 5.13. The van der Waals surface area contributed by atoms with E-state index in [0.29, 0.717) is 0 Å². The maximum Gasteiger partial charge on any atom is 0.586 e. The van der Waals surface area contributed by atoms with E-state index in [1.807, 2.05) is 0 Å². The summed E-state index contributed by atoms with van der Waals surface area (Å²) in [6, 6.07) is 9.49. The number of hydrogen-bond acceptors (Lipinski definition) is 6. The van der Waals surface area contributed by atoms with Gasteiger partial charge in [-0.25, -0.2) is 4.79 Å².